The van der Waals surface area contributed by atoms with Crippen LogP contribution in [0.1, 0.15) is 51.0 Å². The Morgan fingerprint density at radius 1 is 0.857 bits per heavy atom. The molecular weight excluding hydrogens is 256 g/mol. The van der Waals surface area contributed by atoms with Crippen LogP contribution in [-0.4, -0.2) is 37.1 Å². The van der Waals surface area contributed by atoms with Gasteiger partial charge in [0.05, 0.1) is 0 Å². The van der Waals surface area contributed by atoms with Gasteiger partial charge in [0.2, 0.25) is 0 Å². The van der Waals surface area contributed by atoms with Crippen LogP contribution in [0.2, 0.25) is 0 Å². The molecule has 0 bridgehead atoms. The lowest BCUT2D eigenvalue weighted by atomic mass is 10.1. The normalized spacial score (nSPS) is 22.2. The summed E-state index contributed by atoms with van der Waals surface area (Å²) in [6.07, 6.45) is 9.82. The van der Waals surface area contributed by atoms with Crippen LogP contribution in [0, 0.1) is 0 Å². The molecular formula is C19H30N2. The van der Waals surface area contributed by atoms with Crippen molar-refractivity contribution in [2.24, 2.45) is 0 Å². The minimum Gasteiger partial charge on any atom is -0.369 e. The van der Waals surface area contributed by atoms with Crippen molar-refractivity contribution in [2.75, 3.05) is 31.1 Å². The summed E-state index contributed by atoms with van der Waals surface area (Å²) in [4.78, 5) is 5.33. The van der Waals surface area contributed by atoms with Crippen LogP contribution in [0.3, 0.4) is 0 Å². The minimum atomic E-state index is 0.872. The molecule has 1 aromatic rings. The van der Waals surface area contributed by atoms with Gasteiger partial charge in [0.25, 0.3) is 0 Å². The maximum absolute atomic E-state index is 2.77. The van der Waals surface area contributed by atoms with Crippen LogP contribution in [0.15, 0.2) is 24.3 Å². The third-order valence-corrected chi connectivity index (χ3v) is 5.37. The summed E-state index contributed by atoms with van der Waals surface area (Å²) in [6, 6.07) is 10.1. The Balaban J connectivity index is 1.54. The summed E-state index contributed by atoms with van der Waals surface area (Å²) >= 11 is 0. The van der Waals surface area contributed by atoms with E-state index in [0.717, 1.165) is 12.5 Å². The van der Waals surface area contributed by atoms with Crippen LogP contribution in [-0.2, 0) is 6.42 Å². The van der Waals surface area contributed by atoms with E-state index in [1.807, 2.05) is 0 Å². The zero-order chi connectivity index (χ0) is 14.5. The maximum Gasteiger partial charge on any atom is 0.0367 e. The molecule has 1 aliphatic carbocycles. The Labute approximate surface area is 130 Å². The van der Waals surface area contributed by atoms with Crippen LogP contribution >= 0.6 is 0 Å². The molecule has 1 saturated heterocycles. The van der Waals surface area contributed by atoms with E-state index in [2.05, 4.69) is 41.0 Å². The van der Waals surface area contributed by atoms with E-state index in [9.17, 15) is 0 Å². The number of hydrogen-bond acceptors (Lipinski definition) is 2. The summed E-state index contributed by atoms with van der Waals surface area (Å²) in [5, 5.41) is 0. The highest BCUT2D eigenvalue weighted by Crippen LogP contribution is 2.24. The highest BCUT2D eigenvalue weighted by molar-refractivity contribution is 5.48. The lowest BCUT2D eigenvalue weighted by Gasteiger charge is -2.40. The van der Waals surface area contributed by atoms with Crippen molar-refractivity contribution in [3.63, 3.8) is 0 Å². The van der Waals surface area contributed by atoms with Gasteiger partial charge in [-0.05, 0) is 37.0 Å². The highest BCUT2D eigenvalue weighted by atomic mass is 15.3. The van der Waals surface area contributed by atoms with Crippen molar-refractivity contribution in [2.45, 2.75) is 57.9 Å². The second kappa shape index (κ2) is 7.31. The van der Waals surface area contributed by atoms with E-state index in [-0.39, 0.29) is 0 Å². The summed E-state index contributed by atoms with van der Waals surface area (Å²) in [5.74, 6) is 0. The second-order valence-corrected chi connectivity index (χ2v) is 6.69. The third kappa shape index (κ3) is 3.79. The number of anilines is 1. The van der Waals surface area contributed by atoms with Gasteiger partial charge in [-0.25, -0.2) is 0 Å². The highest BCUT2D eigenvalue weighted by Gasteiger charge is 2.24. The Kier molecular flexibility index (Phi) is 5.18. The average molecular weight is 286 g/mol. The van der Waals surface area contributed by atoms with Crippen LogP contribution in [0.25, 0.3) is 0 Å². The third-order valence-electron chi connectivity index (χ3n) is 5.37. The molecule has 3 rings (SSSR count). The lowest BCUT2D eigenvalue weighted by Crippen LogP contribution is -2.50. The van der Waals surface area contributed by atoms with Crippen molar-refractivity contribution in [1.29, 1.82) is 0 Å². The molecule has 1 heterocycles. The summed E-state index contributed by atoms with van der Waals surface area (Å²) in [5.41, 5.74) is 2.85. The van der Waals surface area contributed by atoms with E-state index in [1.54, 1.807) is 0 Å². The van der Waals surface area contributed by atoms with Crippen molar-refractivity contribution < 1.29 is 0 Å². The number of hydrogen-bond donors (Lipinski definition) is 0. The van der Waals surface area contributed by atoms with E-state index >= 15 is 0 Å². The first-order valence-electron chi connectivity index (χ1n) is 8.95. The number of benzene rings is 1. The molecule has 116 valence electrons. The van der Waals surface area contributed by atoms with E-state index in [4.69, 9.17) is 0 Å². The van der Waals surface area contributed by atoms with Gasteiger partial charge in [-0.3, -0.25) is 4.90 Å². The van der Waals surface area contributed by atoms with Crippen LogP contribution in [0.4, 0.5) is 5.69 Å². The fourth-order valence-electron chi connectivity index (χ4n) is 3.91. The first kappa shape index (κ1) is 14.9. The molecule has 1 aromatic carbocycles. The van der Waals surface area contributed by atoms with Crippen molar-refractivity contribution >= 4 is 5.69 Å². The van der Waals surface area contributed by atoms with Gasteiger partial charge in [0.1, 0.15) is 0 Å². The molecule has 2 fully saturated rings. The van der Waals surface area contributed by atoms with Crippen molar-refractivity contribution in [1.82, 2.24) is 4.90 Å². The zero-order valence-corrected chi connectivity index (χ0v) is 13.6. The molecule has 1 saturated carbocycles. The monoisotopic (exact) mass is 286 g/mol. The Hall–Kier alpha value is -1.02. The predicted molar refractivity (Wildman–Crippen MR) is 91.1 cm³/mol. The molecule has 21 heavy (non-hydrogen) atoms. The van der Waals surface area contributed by atoms with Gasteiger partial charge in [-0.2, -0.15) is 0 Å². The summed E-state index contributed by atoms with van der Waals surface area (Å²) < 4.78 is 0. The van der Waals surface area contributed by atoms with E-state index in [1.165, 1.54) is 76.0 Å². The van der Waals surface area contributed by atoms with Crippen molar-refractivity contribution in [3.8, 4) is 0 Å². The molecule has 0 atom stereocenters. The molecule has 0 amide bonds. The molecule has 0 radical (unpaired) electrons. The zero-order valence-electron chi connectivity index (χ0n) is 13.6. The molecule has 2 nitrogen and oxygen atoms in total. The number of rotatable bonds is 3. The fourth-order valence-corrected chi connectivity index (χ4v) is 3.91. The predicted octanol–water partition coefficient (Wildman–Crippen LogP) is 4.09. The minimum absolute atomic E-state index is 0.872. The molecule has 0 N–H and O–H groups in total. The first-order chi connectivity index (χ1) is 10.4. The SMILES string of the molecule is CCc1ccc(N2CCN(C3CCCCCC3)CC2)cc1. The van der Waals surface area contributed by atoms with Gasteiger partial charge in [0, 0.05) is 37.9 Å². The molecule has 2 heteroatoms. The van der Waals surface area contributed by atoms with Crippen LogP contribution < -0.4 is 4.90 Å². The lowest BCUT2D eigenvalue weighted by molar-refractivity contribution is 0.169. The maximum atomic E-state index is 2.77. The Morgan fingerprint density at radius 2 is 1.48 bits per heavy atom. The summed E-state index contributed by atoms with van der Waals surface area (Å²) in [6.45, 7) is 7.12. The fraction of sp³-hybridized carbons (Fsp3) is 0.684. The number of nitrogens with zero attached hydrogens (tertiary/aromatic N) is 2. The second-order valence-electron chi connectivity index (χ2n) is 6.69. The molecule has 0 unspecified atom stereocenters. The van der Waals surface area contributed by atoms with Gasteiger partial charge < -0.3 is 4.90 Å². The van der Waals surface area contributed by atoms with Gasteiger partial charge in [-0.1, -0.05) is 44.7 Å². The van der Waals surface area contributed by atoms with Gasteiger partial charge in [0.15, 0.2) is 0 Å². The molecule has 0 spiro atoms. The standard InChI is InChI=1S/C19H30N2/c1-2-17-9-11-19(12-10-17)21-15-13-20(14-16-21)18-7-5-3-4-6-8-18/h9-12,18H,2-8,13-16H2,1H3. The molecule has 1 aliphatic heterocycles. The Morgan fingerprint density at radius 3 is 2.05 bits per heavy atom. The van der Waals surface area contributed by atoms with Gasteiger partial charge in [-0.15, -0.1) is 0 Å². The van der Waals surface area contributed by atoms with E-state index < -0.39 is 0 Å². The number of piperazine rings is 1. The Bertz CT molecular complexity index is 410. The van der Waals surface area contributed by atoms with E-state index in [0.29, 0.717) is 0 Å². The average Bonchev–Trinajstić information content (AvgIpc) is 2.84. The van der Waals surface area contributed by atoms with Crippen LogP contribution in [0.5, 0.6) is 0 Å². The largest absolute Gasteiger partial charge is 0.369 e. The number of aryl methyl sites for hydroxylation is 1. The topological polar surface area (TPSA) is 6.48 Å². The smallest absolute Gasteiger partial charge is 0.0367 e. The quantitative estimate of drug-likeness (QED) is 0.772. The van der Waals surface area contributed by atoms with Gasteiger partial charge >= 0.3 is 0 Å². The molecule has 0 aromatic heterocycles. The first-order valence-corrected chi connectivity index (χ1v) is 8.95. The van der Waals surface area contributed by atoms with Crippen molar-refractivity contribution in [3.05, 3.63) is 29.8 Å². The molecule has 2 aliphatic rings. The summed E-state index contributed by atoms with van der Waals surface area (Å²) in [7, 11) is 0.